The van der Waals surface area contributed by atoms with E-state index >= 15 is 0 Å². The lowest BCUT2D eigenvalue weighted by molar-refractivity contribution is -0.140. The van der Waals surface area contributed by atoms with Crippen molar-refractivity contribution >= 4 is 0 Å². The third-order valence-electron chi connectivity index (χ3n) is 5.64. The van der Waals surface area contributed by atoms with Gasteiger partial charge in [-0.05, 0) is 38.0 Å². The predicted octanol–water partition coefficient (Wildman–Crippen LogP) is 3.08. The zero-order valence-corrected chi connectivity index (χ0v) is 16.4. The lowest BCUT2D eigenvalue weighted by atomic mass is 9.91. The molecule has 0 atom stereocenters. The molecule has 0 aromatic carbocycles. The van der Waals surface area contributed by atoms with Crippen LogP contribution in [0.2, 0.25) is 0 Å². The average molecular weight is 407 g/mol. The van der Waals surface area contributed by atoms with Crippen molar-refractivity contribution in [3.8, 4) is 11.4 Å². The maximum atomic E-state index is 13.0. The number of pyridine rings is 1. The van der Waals surface area contributed by atoms with E-state index < -0.39 is 17.5 Å². The van der Waals surface area contributed by atoms with Crippen molar-refractivity contribution in [1.29, 1.82) is 0 Å². The van der Waals surface area contributed by atoms with Gasteiger partial charge in [0.05, 0.1) is 17.8 Å². The predicted molar refractivity (Wildman–Crippen MR) is 101 cm³/mol. The molecule has 156 valence electrons. The third-order valence-corrected chi connectivity index (χ3v) is 5.64. The minimum atomic E-state index is -4.48. The highest BCUT2D eigenvalue weighted by Crippen LogP contribution is 2.35. The zero-order valence-electron chi connectivity index (χ0n) is 16.4. The number of piperidine rings is 1. The van der Waals surface area contributed by atoms with Crippen LogP contribution in [0.15, 0.2) is 30.6 Å². The summed E-state index contributed by atoms with van der Waals surface area (Å²) in [5, 5.41) is 15.4. The fourth-order valence-electron chi connectivity index (χ4n) is 4.02. The number of likely N-dealkylation sites (tertiary alicyclic amines) is 1. The van der Waals surface area contributed by atoms with Crippen molar-refractivity contribution in [2.75, 3.05) is 13.1 Å². The Labute approximate surface area is 166 Å². The standard InChI is InChI=1S/C20H24F3N5O/c1-14-16(11-26(2)25-14)12-27-8-5-19(29,6-9-27)13-28-7-3-4-15-10-17(20(21,22)23)24-18(15)28/h3-4,7,10-11,29H,5-6,8-9,12-13H2,1-2H3. The quantitative estimate of drug-likeness (QED) is 0.722. The first-order valence-corrected chi connectivity index (χ1v) is 9.60. The highest BCUT2D eigenvalue weighted by molar-refractivity contribution is 5.59. The molecule has 4 heterocycles. The number of nitrogens with zero attached hydrogens (tertiary/aromatic N) is 5. The maximum absolute atomic E-state index is 13.0. The van der Waals surface area contributed by atoms with Gasteiger partial charge in [0.15, 0.2) is 0 Å². The van der Waals surface area contributed by atoms with Gasteiger partial charge in [-0.25, -0.2) is 4.98 Å². The number of alkyl halides is 3. The first kappa shape index (κ1) is 19.9. The van der Waals surface area contributed by atoms with Crippen LogP contribution >= 0.6 is 0 Å². The molecule has 0 bridgehead atoms. The minimum absolute atomic E-state index is 0.221. The molecule has 1 aromatic rings. The molecule has 6 nitrogen and oxygen atoms in total. The van der Waals surface area contributed by atoms with Gasteiger partial charge in [0, 0.05) is 50.2 Å². The van der Waals surface area contributed by atoms with E-state index in [1.54, 1.807) is 27.6 Å². The van der Waals surface area contributed by atoms with Crippen LogP contribution in [0.25, 0.3) is 11.4 Å². The molecular weight excluding hydrogens is 383 g/mol. The second-order valence-corrected chi connectivity index (χ2v) is 7.97. The van der Waals surface area contributed by atoms with Crippen LogP contribution in [0.3, 0.4) is 0 Å². The summed E-state index contributed by atoms with van der Waals surface area (Å²) in [5.74, 6) is 0.252. The number of hydrogen-bond acceptors (Lipinski definition) is 4. The van der Waals surface area contributed by atoms with Crippen molar-refractivity contribution in [2.45, 2.75) is 44.6 Å². The first-order valence-electron chi connectivity index (χ1n) is 9.60. The van der Waals surface area contributed by atoms with Crippen LogP contribution < -0.4 is 0 Å². The van der Waals surface area contributed by atoms with Crippen LogP contribution in [0.4, 0.5) is 13.2 Å². The molecule has 29 heavy (non-hydrogen) atoms. The van der Waals surface area contributed by atoms with E-state index in [1.165, 1.54) is 0 Å². The van der Waals surface area contributed by atoms with Gasteiger partial charge in [-0.2, -0.15) is 18.3 Å². The van der Waals surface area contributed by atoms with E-state index in [2.05, 4.69) is 15.0 Å². The van der Waals surface area contributed by atoms with Crippen molar-refractivity contribution in [3.05, 3.63) is 47.5 Å². The third kappa shape index (κ3) is 4.16. The van der Waals surface area contributed by atoms with E-state index in [0.29, 0.717) is 31.5 Å². The van der Waals surface area contributed by atoms with Gasteiger partial charge in [-0.3, -0.25) is 9.58 Å². The molecule has 1 aromatic heterocycles. The van der Waals surface area contributed by atoms with E-state index in [1.807, 2.05) is 20.2 Å². The SMILES string of the molecule is Cc1nn(C)cc1CN1CCC(O)(Cn2cccc3cc(C(F)(F)F)nc2-3)CC1. The topological polar surface area (TPSA) is 59.1 Å². The van der Waals surface area contributed by atoms with Crippen LogP contribution in [0.5, 0.6) is 0 Å². The van der Waals surface area contributed by atoms with Gasteiger partial charge >= 0.3 is 6.18 Å². The highest BCUT2D eigenvalue weighted by atomic mass is 19.4. The second kappa shape index (κ2) is 7.14. The fourth-order valence-corrected chi connectivity index (χ4v) is 4.02. The Morgan fingerprint density at radius 3 is 2.59 bits per heavy atom. The van der Waals surface area contributed by atoms with Crippen LogP contribution in [0, 0.1) is 6.92 Å². The number of aryl methyl sites for hydroxylation is 2. The summed E-state index contributed by atoms with van der Waals surface area (Å²) >= 11 is 0. The minimum Gasteiger partial charge on any atom is -0.388 e. The second-order valence-electron chi connectivity index (χ2n) is 7.97. The van der Waals surface area contributed by atoms with Gasteiger partial charge in [0.2, 0.25) is 0 Å². The van der Waals surface area contributed by atoms with E-state index in [0.717, 1.165) is 23.9 Å². The van der Waals surface area contributed by atoms with Crippen molar-refractivity contribution in [1.82, 2.24) is 24.2 Å². The van der Waals surface area contributed by atoms with Crippen LogP contribution in [-0.4, -0.2) is 48.0 Å². The Bertz CT molecular complexity index is 969. The van der Waals surface area contributed by atoms with Crippen molar-refractivity contribution < 1.29 is 18.3 Å². The Balaban J connectivity index is 1.45. The summed E-state index contributed by atoms with van der Waals surface area (Å²) in [6.45, 7) is 4.40. The Morgan fingerprint density at radius 2 is 1.97 bits per heavy atom. The largest absolute Gasteiger partial charge is 0.433 e. The summed E-state index contributed by atoms with van der Waals surface area (Å²) in [7, 11) is 1.89. The van der Waals surface area contributed by atoms with Gasteiger partial charge in [-0.1, -0.05) is 0 Å². The van der Waals surface area contributed by atoms with Crippen LogP contribution in [0.1, 0.15) is 29.8 Å². The number of aromatic nitrogens is 4. The van der Waals surface area contributed by atoms with Gasteiger partial charge < -0.3 is 9.67 Å². The average Bonchev–Trinajstić information content (AvgIpc) is 3.21. The van der Waals surface area contributed by atoms with Gasteiger partial charge in [0.25, 0.3) is 0 Å². The maximum Gasteiger partial charge on any atom is 0.433 e. The molecule has 0 aliphatic carbocycles. The molecule has 3 aliphatic heterocycles. The fraction of sp³-hybridized carbons (Fsp3) is 0.500. The number of halogens is 3. The molecule has 1 saturated heterocycles. The lowest BCUT2D eigenvalue weighted by Crippen LogP contribution is -2.46. The van der Waals surface area contributed by atoms with Gasteiger partial charge in [0.1, 0.15) is 11.5 Å². The summed E-state index contributed by atoms with van der Waals surface area (Å²) in [6, 6.07) is 4.35. The molecule has 0 amide bonds. The number of hydrogen-bond donors (Lipinski definition) is 1. The monoisotopic (exact) mass is 407 g/mol. The molecular formula is C20H24F3N5O. The molecule has 0 unspecified atom stereocenters. The van der Waals surface area contributed by atoms with E-state index in [9.17, 15) is 18.3 Å². The Hall–Kier alpha value is -2.39. The molecule has 9 heteroatoms. The van der Waals surface area contributed by atoms with Gasteiger partial charge in [-0.15, -0.1) is 0 Å². The Morgan fingerprint density at radius 1 is 1.24 bits per heavy atom. The summed E-state index contributed by atoms with van der Waals surface area (Å²) in [4.78, 5) is 6.04. The summed E-state index contributed by atoms with van der Waals surface area (Å²) in [5.41, 5.74) is 0.710. The Kier molecular flexibility index (Phi) is 4.90. The van der Waals surface area contributed by atoms with Crippen LogP contribution in [-0.2, 0) is 26.3 Å². The molecule has 1 fully saturated rings. The van der Waals surface area contributed by atoms with E-state index in [-0.39, 0.29) is 12.4 Å². The molecule has 0 saturated carbocycles. The first-order chi connectivity index (χ1) is 13.6. The number of aliphatic hydroxyl groups is 1. The number of fused-ring (bicyclic) bond motifs is 1. The summed E-state index contributed by atoms with van der Waals surface area (Å²) < 4.78 is 42.5. The van der Waals surface area contributed by atoms with E-state index in [4.69, 9.17) is 0 Å². The molecule has 1 N–H and O–H groups in total. The zero-order chi connectivity index (χ0) is 20.8. The van der Waals surface area contributed by atoms with Crippen molar-refractivity contribution in [3.63, 3.8) is 0 Å². The number of rotatable bonds is 4. The molecule has 0 spiro atoms. The smallest absolute Gasteiger partial charge is 0.388 e. The van der Waals surface area contributed by atoms with Crippen molar-refractivity contribution in [2.24, 2.45) is 7.05 Å². The molecule has 0 radical (unpaired) electrons. The lowest BCUT2D eigenvalue weighted by Gasteiger charge is -2.38. The molecule has 3 aliphatic rings. The summed E-state index contributed by atoms with van der Waals surface area (Å²) in [6.07, 6.45) is 0.291. The molecule has 4 rings (SSSR count). The highest BCUT2D eigenvalue weighted by Gasteiger charge is 2.37. The normalized spacial score (nSPS) is 17.9.